The number of aromatic nitrogens is 2. The number of ether oxygens (including phenoxy) is 4. The summed E-state index contributed by atoms with van der Waals surface area (Å²) in [6.45, 7) is 0.236. The highest BCUT2D eigenvalue weighted by atomic mass is 16.7. The molecule has 29 heavy (non-hydrogen) atoms. The van der Waals surface area contributed by atoms with E-state index >= 15 is 0 Å². The van der Waals surface area contributed by atoms with E-state index in [1.165, 1.54) is 6.20 Å². The van der Waals surface area contributed by atoms with Gasteiger partial charge in [-0.3, -0.25) is 9.78 Å². The van der Waals surface area contributed by atoms with Gasteiger partial charge in [0.1, 0.15) is 6.10 Å². The van der Waals surface area contributed by atoms with Crippen LogP contribution in [0.3, 0.4) is 0 Å². The zero-order valence-electron chi connectivity index (χ0n) is 16.2. The Labute approximate surface area is 168 Å². The van der Waals surface area contributed by atoms with E-state index in [9.17, 15) is 4.79 Å². The number of nitrogens with zero attached hydrogens (tertiary/aromatic N) is 2. The third-order valence-electron chi connectivity index (χ3n) is 4.93. The Hall–Kier alpha value is -3.29. The highest BCUT2D eigenvalue weighted by Crippen LogP contribution is 2.32. The van der Waals surface area contributed by atoms with Crippen molar-refractivity contribution in [1.29, 1.82) is 0 Å². The van der Waals surface area contributed by atoms with E-state index in [0.29, 0.717) is 17.5 Å². The van der Waals surface area contributed by atoms with Gasteiger partial charge < -0.3 is 24.3 Å². The van der Waals surface area contributed by atoms with Crippen LogP contribution in [0.25, 0.3) is 6.08 Å². The molecular formula is C21H23N3O5. The van der Waals surface area contributed by atoms with Gasteiger partial charge in [0.15, 0.2) is 11.5 Å². The van der Waals surface area contributed by atoms with E-state index < -0.39 is 0 Å². The molecule has 2 heterocycles. The SMILES string of the molecule is COc1cncc(OC2CCC(NC(=O)/C=C/c3ccc4c(c3)OCO4)CC2)n1. The van der Waals surface area contributed by atoms with Gasteiger partial charge in [-0.15, -0.1) is 0 Å². The summed E-state index contributed by atoms with van der Waals surface area (Å²) in [6.07, 6.45) is 9.89. The summed E-state index contributed by atoms with van der Waals surface area (Å²) >= 11 is 0. The molecule has 0 bridgehead atoms. The molecule has 4 rings (SSSR count). The van der Waals surface area contributed by atoms with E-state index in [2.05, 4.69) is 15.3 Å². The zero-order valence-corrected chi connectivity index (χ0v) is 16.2. The van der Waals surface area contributed by atoms with Gasteiger partial charge >= 0.3 is 0 Å². The minimum atomic E-state index is -0.106. The lowest BCUT2D eigenvalue weighted by Gasteiger charge is -2.28. The van der Waals surface area contributed by atoms with Crippen molar-refractivity contribution in [3.8, 4) is 23.3 Å². The highest BCUT2D eigenvalue weighted by molar-refractivity contribution is 5.92. The standard InChI is InChI=1S/C21H23N3O5/c1-26-20-11-22-12-21(24-20)29-16-6-4-15(5-7-16)23-19(25)9-3-14-2-8-17-18(10-14)28-13-27-17/h2-3,8-12,15-16H,4-7,13H2,1H3,(H,23,25)/b9-3+. The first-order chi connectivity index (χ1) is 14.2. The molecule has 1 aliphatic carbocycles. The Bertz CT molecular complexity index is 894. The van der Waals surface area contributed by atoms with Crippen molar-refractivity contribution in [2.75, 3.05) is 13.9 Å². The summed E-state index contributed by atoms with van der Waals surface area (Å²) in [5, 5.41) is 3.06. The number of hydrogen-bond donors (Lipinski definition) is 1. The van der Waals surface area contributed by atoms with Crippen molar-refractivity contribution in [2.45, 2.75) is 37.8 Å². The van der Waals surface area contributed by atoms with Crippen LogP contribution in [-0.2, 0) is 4.79 Å². The Kier molecular flexibility index (Phi) is 5.79. The molecule has 1 N–H and O–H groups in total. The number of rotatable bonds is 6. The molecule has 8 nitrogen and oxygen atoms in total. The second kappa shape index (κ2) is 8.81. The first-order valence-corrected chi connectivity index (χ1v) is 9.60. The molecule has 1 fully saturated rings. The zero-order chi connectivity index (χ0) is 20.1. The largest absolute Gasteiger partial charge is 0.480 e. The summed E-state index contributed by atoms with van der Waals surface area (Å²) in [6, 6.07) is 5.73. The first-order valence-electron chi connectivity index (χ1n) is 9.60. The summed E-state index contributed by atoms with van der Waals surface area (Å²) in [7, 11) is 1.54. The molecule has 1 aliphatic heterocycles. The molecular weight excluding hydrogens is 374 g/mol. The first kappa shape index (κ1) is 19.0. The number of carbonyl (C=O) groups excluding carboxylic acids is 1. The molecule has 2 aromatic rings. The Balaban J connectivity index is 1.23. The fourth-order valence-electron chi connectivity index (χ4n) is 3.42. The molecule has 1 amide bonds. The van der Waals surface area contributed by atoms with E-state index in [0.717, 1.165) is 37.0 Å². The van der Waals surface area contributed by atoms with Crippen molar-refractivity contribution < 1.29 is 23.7 Å². The number of hydrogen-bond acceptors (Lipinski definition) is 7. The maximum absolute atomic E-state index is 12.2. The van der Waals surface area contributed by atoms with Crippen LogP contribution < -0.4 is 24.3 Å². The Morgan fingerprint density at radius 2 is 1.93 bits per heavy atom. The van der Waals surface area contributed by atoms with Gasteiger partial charge in [0.2, 0.25) is 24.5 Å². The summed E-state index contributed by atoms with van der Waals surface area (Å²) < 4.78 is 21.6. The molecule has 0 unspecified atom stereocenters. The normalized spacial score (nSPS) is 20.4. The average Bonchev–Trinajstić information content (AvgIpc) is 3.22. The van der Waals surface area contributed by atoms with Gasteiger partial charge in [-0.1, -0.05) is 6.07 Å². The average molecular weight is 397 g/mol. The van der Waals surface area contributed by atoms with Crippen LogP contribution >= 0.6 is 0 Å². The summed E-state index contributed by atoms with van der Waals surface area (Å²) in [5.41, 5.74) is 0.890. The molecule has 0 saturated heterocycles. The lowest BCUT2D eigenvalue weighted by molar-refractivity contribution is -0.117. The molecule has 152 valence electrons. The van der Waals surface area contributed by atoms with Crippen LogP contribution in [0.5, 0.6) is 23.3 Å². The molecule has 0 radical (unpaired) electrons. The van der Waals surface area contributed by atoms with Crippen molar-refractivity contribution >= 4 is 12.0 Å². The van der Waals surface area contributed by atoms with Crippen LogP contribution in [0.15, 0.2) is 36.7 Å². The van der Waals surface area contributed by atoms with E-state index in [1.807, 2.05) is 18.2 Å². The van der Waals surface area contributed by atoms with Crippen molar-refractivity contribution in [3.63, 3.8) is 0 Å². The number of nitrogens with one attached hydrogen (secondary N) is 1. The topological polar surface area (TPSA) is 91.8 Å². The van der Waals surface area contributed by atoms with E-state index in [1.54, 1.807) is 25.5 Å². The van der Waals surface area contributed by atoms with Crippen LogP contribution in [0.2, 0.25) is 0 Å². The number of amides is 1. The molecule has 1 aromatic heterocycles. The van der Waals surface area contributed by atoms with Crippen molar-refractivity contribution in [1.82, 2.24) is 15.3 Å². The van der Waals surface area contributed by atoms with Crippen LogP contribution in [-0.4, -0.2) is 41.9 Å². The summed E-state index contributed by atoms with van der Waals surface area (Å²) in [4.78, 5) is 20.5. The lowest BCUT2D eigenvalue weighted by atomic mass is 9.93. The Morgan fingerprint density at radius 1 is 1.14 bits per heavy atom. The molecule has 8 heteroatoms. The van der Waals surface area contributed by atoms with Crippen molar-refractivity contribution in [2.24, 2.45) is 0 Å². The number of benzene rings is 1. The minimum Gasteiger partial charge on any atom is -0.480 e. The molecule has 0 spiro atoms. The number of fused-ring (bicyclic) bond motifs is 1. The lowest BCUT2D eigenvalue weighted by Crippen LogP contribution is -2.39. The fraction of sp³-hybridized carbons (Fsp3) is 0.381. The maximum Gasteiger partial charge on any atom is 0.244 e. The molecule has 1 saturated carbocycles. The molecule has 0 atom stereocenters. The van der Waals surface area contributed by atoms with Crippen LogP contribution in [0.1, 0.15) is 31.2 Å². The number of methoxy groups -OCH3 is 1. The third kappa shape index (κ3) is 4.96. The third-order valence-corrected chi connectivity index (χ3v) is 4.93. The van der Waals surface area contributed by atoms with Gasteiger partial charge in [-0.25, -0.2) is 0 Å². The van der Waals surface area contributed by atoms with Crippen LogP contribution in [0, 0.1) is 0 Å². The minimum absolute atomic E-state index is 0.0636. The van der Waals surface area contributed by atoms with Gasteiger partial charge in [0.25, 0.3) is 0 Å². The second-order valence-electron chi connectivity index (χ2n) is 6.95. The quantitative estimate of drug-likeness (QED) is 0.750. The second-order valence-corrected chi connectivity index (χ2v) is 6.95. The monoisotopic (exact) mass is 397 g/mol. The smallest absolute Gasteiger partial charge is 0.244 e. The maximum atomic E-state index is 12.2. The molecule has 1 aromatic carbocycles. The van der Waals surface area contributed by atoms with Crippen LogP contribution in [0.4, 0.5) is 0 Å². The van der Waals surface area contributed by atoms with E-state index in [-0.39, 0.29) is 24.8 Å². The number of carbonyl (C=O) groups is 1. The molecule has 2 aliphatic rings. The van der Waals surface area contributed by atoms with Crippen molar-refractivity contribution in [3.05, 3.63) is 42.2 Å². The van der Waals surface area contributed by atoms with Gasteiger partial charge in [0, 0.05) is 12.1 Å². The predicted molar refractivity (Wildman–Crippen MR) is 105 cm³/mol. The summed E-state index contributed by atoms with van der Waals surface area (Å²) in [5.74, 6) is 2.21. The fourth-order valence-corrected chi connectivity index (χ4v) is 3.42. The van der Waals surface area contributed by atoms with Gasteiger partial charge in [-0.2, -0.15) is 4.98 Å². The highest BCUT2D eigenvalue weighted by Gasteiger charge is 2.23. The Morgan fingerprint density at radius 3 is 2.76 bits per heavy atom. The van der Waals surface area contributed by atoms with Gasteiger partial charge in [0.05, 0.1) is 19.5 Å². The van der Waals surface area contributed by atoms with Gasteiger partial charge in [-0.05, 0) is 49.5 Å². The van der Waals surface area contributed by atoms with E-state index in [4.69, 9.17) is 18.9 Å². The predicted octanol–water partition coefficient (Wildman–Crippen LogP) is 2.73.